The van der Waals surface area contributed by atoms with Gasteiger partial charge in [0.15, 0.2) is 0 Å². The number of nitrogens with zero attached hydrogens (tertiary/aromatic N) is 3. The molecule has 0 radical (unpaired) electrons. The van der Waals surface area contributed by atoms with Gasteiger partial charge in [-0.05, 0) is 38.5 Å². The Bertz CT molecular complexity index is 632. The van der Waals surface area contributed by atoms with E-state index in [9.17, 15) is 0 Å². The standard InChI is InChI=1S/C15H18BrN3O.ClH/c1-3-20-12-6-7-19(9-12)15-13-5-4-11(16)8-14(13)17-10(2)18-15;/h4-5,8,12H,3,6-7,9H2,1-2H3;1H. The third-order valence-corrected chi connectivity index (χ3v) is 4.09. The molecule has 0 spiro atoms. The first-order valence-corrected chi connectivity index (χ1v) is 7.77. The summed E-state index contributed by atoms with van der Waals surface area (Å²) in [6.07, 6.45) is 1.38. The van der Waals surface area contributed by atoms with E-state index in [0.717, 1.165) is 53.1 Å². The van der Waals surface area contributed by atoms with Crippen molar-refractivity contribution in [2.75, 3.05) is 24.6 Å². The maximum absolute atomic E-state index is 5.72. The molecule has 21 heavy (non-hydrogen) atoms. The smallest absolute Gasteiger partial charge is 0.140 e. The Morgan fingerprint density at radius 2 is 2.19 bits per heavy atom. The summed E-state index contributed by atoms with van der Waals surface area (Å²) in [5.74, 6) is 1.84. The van der Waals surface area contributed by atoms with Gasteiger partial charge >= 0.3 is 0 Å². The average molecular weight is 373 g/mol. The predicted molar refractivity (Wildman–Crippen MR) is 91.5 cm³/mol. The molecule has 1 aliphatic rings. The zero-order valence-electron chi connectivity index (χ0n) is 12.2. The highest BCUT2D eigenvalue weighted by Gasteiger charge is 2.25. The second-order valence-electron chi connectivity index (χ2n) is 5.07. The number of hydrogen-bond donors (Lipinski definition) is 0. The first-order valence-electron chi connectivity index (χ1n) is 6.98. The van der Waals surface area contributed by atoms with Crippen LogP contribution >= 0.6 is 28.3 Å². The molecule has 1 aromatic carbocycles. The van der Waals surface area contributed by atoms with E-state index in [1.165, 1.54) is 0 Å². The third kappa shape index (κ3) is 3.47. The van der Waals surface area contributed by atoms with E-state index in [4.69, 9.17) is 4.74 Å². The summed E-state index contributed by atoms with van der Waals surface area (Å²) in [7, 11) is 0. The van der Waals surface area contributed by atoms with E-state index in [-0.39, 0.29) is 12.4 Å². The third-order valence-electron chi connectivity index (χ3n) is 3.60. The van der Waals surface area contributed by atoms with Crippen LogP contribution in [-0.2, 0) is 4.74 Å². The normalized spacial score (nSPS) is 18.0. The van der Waals surface area contributed by atoms with Crippen LogP contribution in [0.5, 0.6) is 0 Å². The number of halogens is 2. The SMILES string of the molecule is CCOC1CCN(c2nc(C)nc3cc(Br)ccc23)C1.Cl. The largest absolute Gasteiger partial charge is 0.377 e. The van der Waals surface area contributed by atoms with E-state index in [1.54, 1.807) is 0 Å². The number of hydrogen-bond acceptors (Lipinski definition) is 4. The van der Waals surface area contributed by atoms with Gasteiger partial charge in [-0.3, -0.25) is 0 Å². The lowest BCUT2D eigenvalue weighted by Crippen LogP contribution is -2.24. The molecule has 0 amide bonds. The second kappa shape index (κ2) is 6.90. The monoisotopic (exact) mass is 371 g/mol. The van der Waals surface area contributed by atoms with E-state index in [0.29, 0.717) is 6.10 Å². The molecule has 6 heteroatoms. The lowest BCUT2D eigenvalue weighted by molar-refractivity contribution is 0.0787. The Balaban J connectivity index is 0.00000161. The summed E-state index contributed by atoms with van der Waals surface area (Å²) in [5, 5.41) is 1.11. The predicted octanol–water partition coefficient (Wildman–Crippen LogP) is 3.74. The van der Waals surface area contributed by atoms with Crippen LogP contribution in [0.3, 0.4) is 0 Å². The van der Waals surface area contributed by atoms with Gasteiger partial charge in [0.2, 0.25) is 0 Å². The molecule has 2 aromatic rings. The van der Waals surface area contributed by atoms with E-state index >= 15 is 0 Å². The molecule has 0 N–H and O–H groups in total. The molecule has 1 fully saturated rings. The van der Waals surface area contributed by atoms with Gasteiger partial charge in [-0.25, -0.2) is 9.97 Å². The zero-order chi connectivity index (χ0) is 14.1. The number of aromatic nitrogens is 2. The van der Waals surface area contributed by atoms with Crippen molar-refractivity contribution < 1.29 is 4.74 Å². The van der Waals surface area contributed by atoms with Gasteiger partial charge in [0, 0.05) is 29.6 Å². The fraction of sp³-hybridized carbons (Fsp3) is 0.467. The first-order chi connectivity index (χ1) is 9.67. The van der Waals surface area contributed by atoms with Gasteiger partial charge < -0.3 is 9.64 Å². The Morgan fingerprint density at radius 1 is 1.38 bits per heavy atom. The van der Waals surface area contributed by atoms with Crippen molar-refractivity contribution in [3.8, 4) is 0 Å². The van der Waals surface area contributed by atoms with Crippen molar-refractivity contribution in [2.24, 2.45) is 0 Å². The summed E-state index contributed by atoms with van der Waals surface area (Å²) in [4.78, 5) is 11.5. The van der Waals surface area contributed by atoms with Crippen molar-refractivity contribution in [3.05, 3.63) is 28.5 Å². The number of fused-ring (bicyclic) bond motifs is 1. The summed E-state index contributed by atoms with van der Waals surface area (Å²) in [6, 6.07) is 6.17. The molecule has 0 saturated carbocycles. The summed E-state index contributed by atoms with van der Waals surface area (Å²) < 4.78 is 6.77. The van der Waals surface area contributed by atoms with Crippen molar-refractivity contribution in [3.63, 3.8) is 0 Å². The van der Waals surface area contributed by atoms with Crippen LogP contribution in [-0.4, -0.2) is 35.8 Å². The quantitative estimate of drug-likeness (QED) is 0.822. The number of rotatable bonds is 3. The van der Waals surface area contributed by atoms with Gasteiger partial charge in [0.1, 0.15) is 11.6 Å². The second-order valence-corrected chi connectivity index (χ2v) is 5.98. The highest BCUT2D eigenvalue weighted by atomic mass is 79.9. The summed E-state index contributed by atoms with van der Waals surface area (Å²) in [6.45, 7) is 6.67. The molecular weight excluding hydrogens is 354 g/mol. The maximum Gasteiger partial charge on any atom is 0.140 e. The highest BCUT2D eigenvalue weighted by molar-refractivity contribution is 9.10. The summed E-state index contributed by atoms with van der Waals surface area (Å²) in [5.41, 5.74) is 0.988. The van der Waals surface area contributed by atoms with Crippen molar-refractivity contribution in [1.29, 1.82) is 0 Å². The van der Waals surface area contributed by atoms with Crippen LogP contribution in [0.4, 0.5) is 5.82 Å². The summed E-state index contributed by atoms with van der Waals surface area (Å²) >= 11 is 3.50. The maximum atomic E-state index is 5.72. The fourth-order valence-corrected chi connectivity index (χ4v) is 3.08. The van der Waals surface area contributed by atoms with Crippen LogP contribution in [0, 0.1) is 6.92 Å². The molecule has 1 aliphatic heterocycles. The Hall–Kier alpha value is -0.910. The van der Waals surface area contributed by atoms with Crippen LogP contribution in [0.1, 0.15) is 19.2 Å². The van der Waals surface area contributed by atoms with Crippen molar-refractivity contribution in [2.45, 2.75) is 26.4 Å². The molecule has 1 unspecified atom stereocenters. The Morgan fingerprint density at radius 3 is 2.95 bits per heavy atom. The Kier molecular flexibility index (Phi) is 5.41. The Labute approximate surface area is 139 Å². The molecule has 0 aliphatic carbocycles. The van der Waals surface area contributed by atoms with E-state index < -0.39 is 0 Å². The highest BCUT2D eigenvalue weighted by Crippen LogP contribution is 2.29. The van der Waals surface area contributed by atoms with Crippen molar-refractivity contribution >= 4 is 45.1 Å². The number of aryl methyl sites for hydroxylation is 1. The molecular formula is C15H19BrClN3O. The van der Waals surface area contributed by atoms with Gasteiger partial charge in [-0.1, -0.05) is 15.9 Å². The van der Waals surface area contributed by atoms with E-state index in [2.05, 4.69) is 36.9 Å². The van der Waals surface area contributed by atoms with Crippen molar-refractivity contribution in [1.82, 2.24) is 9.97 Å². The zero-order valence-corrected chi connectivity index (χ0v) is 14.6. The minimum absolute atomic E-state index is 0. The minimum atomic E-state index is 0. The van der Waals surface area contributed by atoms with Gasteiger partial charge in [0.25, 0.3) is 0 Å². The molecule has 3 rings (SSSR count). The fourth-order valence-electron chi connectivity index (χ4n) is 2.73. The van der Waals surface area contributed by atoms with Gasteiger partial charge in [0.05, 0.1) is 11.6 Å². The molecule has 1 saturated heterocycles. The van der Waals surface area contributed by atoms with Crippen LogP contribution in [0.15, 0.2) is 22.7 Å². The van der Waals surface area contributed by atoms with Crippen LogP contribution < -0.4 is 4.90 Å². The lowest BCUT2D eigenvalue weighted by Gasteiger charge is -2.19. The molecule has 2 heterocycles. The number of ether oxygens (including phenoxy) is 1. The lowest BCUT2D eigenvalue weighted by atomic mass is 10.2. The minimum Gasteiger partial charge on any atom is -0.377 e. The molecule has 1 atom stereocenters. The number of benzene rings is 1. The van der Waals surface area contributed by atoms with Gasteiger partial charge in [-0.15, -0.1) is 12.4 Å². The molecule has 0 bridgehead atoms. The van der Waals surface area contributed by atoms with Crippen LogP contribution in [0.2, 0.25) is 0 Å². The first kappa shape index (κ1) is 16.5. The van der Waals surface area contributed by atoms with Crippen LogP contribution in [0.25, 0.3) is 10.9 Å². The van der Waals surface area contributed by atoms with E-state index in [1.807, 2.05) is 26.0 Å². The molecule has 114 valence electrons. The average Bonchev–Trinajstić information content (AvgIpc) is 2.86. The molecule has 1 aromatic heterocycles. The number of anilines is 1. The topological polar surface area (TPSA) is 38.2 Å². The van der Waals surface area contributed by atoms with Gasteiger partial charge in [-0.2, -0.15) is 0 Å². The molecule has 4 nitrogen and oxygen atoms in total.